The molecule has 5 aliphatic rings. The van der Waals surface area contributed by atoms with E-state index in [-0.39, 0.29) is 29.0 Å². The fourth-order valence-electron chi connectivity index (χ4n) is 9.15. The number of Topliss-reactive ketones (excluding diaryl/α,β-unsaturated/α-hetero) is 2. The summed E-state index contributed by atoms with van der Waals surface area (Å²) in [5.41, 5.74) is -0.483. The number of carbonyl (C=O) groups excluding carboxylic acids is 2. The highest BCUT2D eigenvalue weighted by molar-refractivity contribution is 5.83. The molecule has 0 aromatic rings. The van der Waals surface area contributed by atoms with Gasteiger partial charge in [0.05, 0.1) is 6.10 Å². The summed E-state index contributed by atoms with van der Waals surface area (Å²) in [6.45, 7) is 3.90. The average Bonchev–Trinajstić information content (AvgIpc) is 3.18. The van der Waals surface area contributed by atoms with E-state index < -0.39 is 54.8 Å². The van der Waals surface area contributed by atoms with E-state index in [4.69, 9.17) is 9.47 Å². The Hall–Kier alpha value is -1.43. The number of hydrogen-bond acceptors (Lipinski definition) is 9. The van der Waals surface area contributed by atoms with E-state index in [9.17, 15) is 39.9 Å². The molecule has 0 bridgehead atoms. The molecular weight excluding hydrogens is 484 g/mol. The van der Waals surface area contributed by atoms with Crippen molar-refractivity contribution in [1.82, 2.24) is 0 Å². The molecule has 5 N–H and O–H groups in total. The van der Waals surface area contributed by atoms with E-state index in [0.29, 0.717) is 43.3 Å². The minimum atomic E-state index is -1.83. The van der Waals surface area contributed by atoms with Gasteiger partial charge in [-0.2, -0.15) is 0 Å². The lowest BCUT2D eigenvalue weighted by atomic mass is 9.44. The van der Waals surface area contributed by atoms with Crippen molar-refractivity contribution < 1.29 is 49.4 Å². The maximum absolute atomic E-state index is 13.4. The van der Waals surface area contributed by atoms with Gasteiger partial charge in [0.2, 0.25) is 0 Å². The number of hydrogen-bond donors (Lipinski definition) is 5. The summed E-state index contributed by atoms with van der Waals surface area (Å²) in [7, 11) is 0. The van der Waals surface area contributed by atoms with Crippen molar-refractivity contribution in [2.75, 3.05) is 6.61 Å². The lowest BCUT2D eigenvalue weighted by molar-refractivity contribution is -0.292. The van der Waals surface area contributed by atoms with Crippen LogP contribution in [-0.4, -0.2) is 86.5 Å². The second kappa shape index (κ2) is 9.64. The molecule has 5 rings (SSSR count). The van der Waals surface area contributed by atoms with Crippen molar-refractivity contribution >= 4 is 17.5 Å². The van der Waals surface area contributed by atoms with E-state index in [1.54, 1.807) is 0 Å². The third kappa shape index (κ3) is 4.28. The molecule has 0 radical (unpaired) electrons. The summed E-state index contributed by atoms with van der Waals surface area (Å²) in [5, 5.41) is 50.8. The minimum Gasteiger partial charge on any atom is -0.479 e. The molecule has 0 amide bonds. The number of aliphatic hydroxyl groups excluding tert-OH is 4. The fraction of sp³-hybridized carbons (Fsp3) is 0.889. The number of fused-ring (bicyclic) bond motifs is 5. The van der Waals surface area contributed by atoms with Crippen LogP contribution in [0.15, 0.2) is 0 Å². The van der Waals surface area contributed by atoms with Crippen molar-refractivity contribution in [1.29, 1.82) is 0 Å². The predicted molar refractivity (Wildman–Crippen MR) is 127 cm³/mol. The number of aliphatic hydroxyl groups is 4. The Balaban J connectivity index is 1.28. The fourth-order valence-corrected chi connectivity index (χ4v) is 9.15. The van der Waals surface area contributed by atoms with Crippen LogP contribution >= 0.6 is 0 Å². The molecule has 1 heterocycles. The van der Waals surface area contributed by atoms with Crippen LogP contribution < -0.4 is 0 Å². The molecule has 1 unspecified atom stereocenters. The van der Waals surface area contributed by atoms with Crippen molar-refractivity contribution in [3.05, 3.63) is 0 Å². The number of ketones is 2. The first-order valence-electron chi connectivity index (χ1n) is 13.6. The first-order chi connectivity index (χ1) is 17.4. The zero-order chi connectivity index (χ0) is 26.9. The number of carboxylic acid groups (broad SMARTS) is 1. The van der Waals surface area contributed by atoms with Crippen LogP contribution in [0.2, 0.25) is 0 Å². The molecule has 13 atom stereocenters. The van der Waals surface area contributed by atoms with Gasteiger partial charge in [-0.25, -0.2) is 4.79 Å². The smallest absolute Gasteiger partial charge is 0.335 e. The van der Waals surface area contributed by atoms with Gasteiger partial charge in [0.1, 0.15) is 30.7 Å². The lowest BCUT2D eigenvalue weighted by Crippen LogP contribution is -2.60. The van der Waals surface area contributed by atoms with Gasteiger partial charge in [0, 0.05) is 18.8 Å². The first-order valence-corrected chi connectivity index (χ1v) is 13.6. The monoisotopic (exact) mass is 524 g/mol. The summed E-state index contributed by atoms with van der Waals surface area (Å²) >= 11 is 0. The van der Waals surface area contributed by atoms with Crippen LogP contribution in [0.3, 0.4) is 0 Å². The third-order valence-electron chi connectivity index (χ3n) is 11.0. The summed E-state index contributed by atoms with van der Waals surface area (Å²) < 4.78 is 10.6. The standard InChI is InChI=1S/C27H40O10/c1-26-8-7-13(28)9-12(26)3-4-14-15-5-6-16(27(15,2)10-17(29)19(14)26)18(30)11-36-25-22(33)20(31)21(32)23(37-25)24(34)35/h12,14-17,19-23,25,29,31-33H,3-11H2,1-2H3,(H,34,35)/t12-,14-,15-,16+,17+,19+,20-,21-,22+,23-,25?,26-,27-/m0/s1. The SMILES string of the molecule is C[C@]12CCC(=O)C[C@@H]1CC[C@@H]1[C@@H]2[C@H](O)C[C@]2(C)[C@@H](C(=O)COC3O[C@H](C(=O)O)[C@@H](O)[C@H](O)[C@H]3O)CC[C@@H]12. The highest BCUT2D eigenvalue weighted by Crippen LogP contribution is 2.67. The van der Waals surface area contributed by atoms with Crippen molar-refractivity contribution in [3.8, 4) is 0 Å². The topological polar surface area (TPSA) is 171 Å². The third-order valence-corrected chi connectivity index (χ3v) is 11.0. The van der Waals surface area contributed by atoms with Gasteiger partial charge < -0.3 is 35.0 Å². The van der Waals surface area contributed by atoms with E-state index in [1.807, 2.05) is 0 Å². The molecular formula is C27H40O10. The second-order valence-electron chi connectivity index (χ2n) is 12.7. The van der Waals surface area contributed by atoms with E-state index >= 15 is 0 Å². The number of rotatable bonds is 5. The number of carbonyl (C=O) groups is 3. The summed E-state index contributed by atoms with van der Waals surface area (Å²) in [4.78, 5) is 36.9. The quantitative estimate of drug-likeness (QED) is 0.344. The molecule has 0 spiro atoms. The molecule has 1 aliphatic heterocycles. The maximum Gasteiger partial charge on any atom is 0.335 e. The van der Waals surface area contributed by atoms with Gasteiger partial charge in [-0.3, -0.25) is 9.59 Å². The van der Waals surface area contributed by atoms with E-state index in [2.05, 4.69) is 13.8 Å². The zero-order valence-electron chi connectivity index (χ0n) is 21.5. The Morgan fingerprint density at radius 3 is 2.43 bits per heavy atom. The predicted octanol–water partition coefficient (Wildman–Crippen LogP) is 0.663. The molecule has 0 aromatic carbocycles. The van der Waals surface area contributed by atoms with Crippen LogP contribution in [0.1, 0.15) is 65.2 Å². The lowest BCUT2D eigenvalue weighted by Gasteiger charge is -2.61. The molecule has 4 aliphatic carbocycles. The number of ether oxygens (including phenoxy) is 2. The second-order valence-corrected chi connectivity index (χ2v) is 12.7. The van der Waals surface area contributed by atoms with Gasteiger partial charge in [-0.15, -0.1) is 0 Å². The number of aliphatic carboxylic acids is 1. The highest BCUT2D eigenvalue weighted by atomic mass is 16.7. The van der Waals surface area contributed by atoms with E-state index in [1.165, 1.54) is 0 Å². The minimum absolute atomic E-state index is 0.0661. The Morgan fingerprint density at radius 2 is 1.73 bits per heavy atom. The molecule has 208 valence electrons. The summed E-state index contributed by atoms with van der Waals surface area (Å²) in [5.74, 6) is -0.762. The van der Waals surface area contributed by atoms with Crippen molar-refractivity contribution in [3.63, 3.8) is 0 Å². The molecule has 10 heteroatoms. The van der Waals surface area contributed by atoms with Gasteiger partial charge in [-0.05, 0) is 73.0 Å². The zero-order valence-corrected chi connectivity index (χ0v) is 21.5. The molecule has 10 nitrogen and oxygen atoms in total. The Labute approximate surface area is 216 Å². The van der Waals surface area contributed by atoms with Crippen molar-refractivity contribution in [2.24, 2.45) is 40.4 Å². The molecule has 37 heavy (non-hydrogen) atoms. The van der Waals surface area contributed by atoms with Gasteiger partial charge in [0.25, 0.3) is 0 Å². The van der Waals surface area contributed by atoms with Gasteiger partial charge in [-0.1, -0.05) is 13.8 Å². The molecule has 4 saturated carbocycles. The van der Waals surface area contributed by atoms with Crippen molar-refractivity contribution in [2.45, 2.75) is 102 Å². The van der Waals surface area contributed by atoms with Gasteiger partial charge in [0.15, 0.2) is 18.2 Å². The first kappa shape index (κ1) is 27.1. The van der Waals surface area contributed by atoms with E-state index in [0.717, 1.165) is 25.7 Å². The molecule has 5 fully saturated rings. The molecule has 1 saturated heterocycles. The normalized spacial score (nSPS) is 51.6. The Kier molecular flexibility index (Phi) is 7.07. The Morgan fingerprint density at radius 1 is 1.00 bits per heavy atom. The van der Waals surface area contributed by atoms with Crippen LogP contribution in [0.5, 0.6) is 0 Å². The molecule has 0 aromatic heterocycles. The number of carboxylic acids is 1. The maximum atomic E-state index is 13.4. The highest BCUT2D eigenvalue weighted by Gasteiger charge is 2.64. The largest absolute Gasteiger partial charge is 0.479 e. The summed E-state index contributed by atoms with van der Waals surface area (Å²) in [6.07, 6.45) is -3.29. The van der Waals surface area contributed by atoms with Crippen LogP contribution in [0, 0.1) is 40.4 Å². The Bertz CT molecular complexity index is 938. The van der Waals surface area contributed by atoms with Crippen LogP contribution in [-0.2, 0) is 23.9 Å². The van der Waals surface area contributed by atoms with Crippen LogP contribution in [0.25, 0.3) is 0 Å². The average molecular weight is 525 g/mol. The van der Waals surface area contributed by atoms with Gasteiger partial charge >= 0.3 is 5.97 Å². The summed E-state index contributed by atoms with van der Waals surface area (Å²) in [6, 6.07) is 0. The van der Waals surface area contributed by atoms with Crippen LogP contribution in [0.4, 0.5) is 0 Å².